The Balaban J connectivity index is 1.94. The van der Waals surface area contributed by atoms with E-state index in [1.165, 1.54) is 0 Å². The first-order valence-electron chi connectivity index (χ1n) is 6.79. The molecule has 2 heterocycles. The molecule has 1 aliphatic rings. The number of aromatic nitrogens is 1. The van der Waals surface area contributed by atoms with E-state index in [0.717, 1.165) is 29.5 Å². The van der Waals surface area contributed by atoms with E-state index in [2.05, 4.69) is 11.9 Å². The Labute approximate surface area is 118 Å². The van der Waals surface area contributed by atoms with Crippen molar-refractivity contribution >= 4 is 22.9 Å². The van der Waals surface area contributed by atoms with Gasteiger partial charge >= 0.3 is 0 Å². The molecule has 20 heavy (non-hydrogen) atoms. The summed E-state index contributed by atoms with van der Waals surface area (Å²) in [4.78, 5) is 12.4. The Morgan fingerprint density at radius 1 is 1.55 bits per heavy atom. The fraction of sp³-hybridized carbons (Fsp3) is 0.312. The van der Waals surface area contributed by atoms with Crippen molar-refractivity contribution in [2.75, 3.05) is 13.2 Å². The van der Waals surface area contributed by atoms with Crippen molar-refractivity contribution in [2.45, 2.75) is 12.5 Å². The van der Waals surface area contributed by atoms with Gasteiger partial charge in [0.05, 0.1) is 18.2 Å². The second kappa shape index (κ2) is 5.13. The van der Waals surface area contributed by atoms with Crippen molar-refractivity contribution in [3.63, 3.8) is 0 Å². The minimum absolute atomic E-state index is 0.0301. The molecule has 2 aromatic rings. The number of hydrogen-bond donors (Lipinski definition) is 1. The molecule has 0 bridgehead atoms. The van der Waals surface area contributed by atoms with Gasteiger partial charge in [0, 0.05) is 30.8 Å². The van der Waals surface area contributed by atoms with Crippen molar-refractivity contribution in [3.8, 4) is 0 Å². The number of amides is 1. The number of carbonyl (C=O) groups is 1. The molecule has 1 aliphatic heterocycles. The molecule has 0 aliphatic carbocycles. The first-order chi connectivity index (χ1) is 9.69. The average molecular weight is 270 g/mol. The summed E-state index contributed by atoms with van der Waals surface area (Å²) in [5.74, 6) is -0.0301. The standard InChI is InChI=1S/C16H18N2O2/c1-3-11-4-5-13-14(9-18(2)15(13)8-11)16(19)17-12-6-7-20-10-12/h3-5,8-9,12H,1,6-7,10H2,2H3,(H,17,19). The van der Waals surface area contributed by atoms with E-state index in [0.29, 0.717) is 12.2 Å². The lowest BCUT2D eigenvalue weighted by molar-refractivity contribution is 0.0931. The summed E-state index contributed by atoms with van der Waals surface area (Å²) >= 11 is 0. The fourth-order valence-electron chi connectivity index (χ4n) is 2.62. The number of carbonyl (C=O) groups excluding carboxylic acids is 1. The highest BCUT2D eigenvalue weighted by molar-refractivity contribution is 6.07. The average Bonchev–Trinajstić information content (AvgIpc) is 3.07. The minimum Gasteiger partial charge on any atom is -0.379 e. The van der Waals surface area contributed by atoms with Crippen LogP contribution >= 0.6 is 0 Å². The number of nitrogens with one attached hydrogen (secondary N) is 1. The molecular weight excluding hydrogens is 252 g/mol. The molecule has 1 fully saturated rings. The zero-order valence-corrected chi connectivity index (χ0v) is 11.6. The van der Waals surface area contributed by atoms with E-state index >= 15 is 0 Å². The van der Waals surface area contributed by atoms with Crippen molar-refractivity contribution in [1.29, 1.82) is 0 Å². The number of aryl methyl sites for hydroxylation is 1. The molecule has 3 rings (SSSR count). The summed E-state index contributed by atoms with van der Waals surface area (Å²) in [6, 6.07) is 6.12. The Hall–Kier alpha value is -2.07. The first kappa shape index (κ1) is 12.9. The third-order valence-corrected chi connectivity index (χ3v) is 3.76. The lowest BCUT2D eigenvalue weighted by Crippen LogP contribution is -2.34. The highest BCUT2D eigenvalue weighted by Gasteiger charge is 2.20. The molecule has 1 aromatic heterocycles. The Bertz CT molecular complexity index is 666. The molecule has 1 atom stereocenters. The van der Waals surface area contributed by atoms with Gasteiger partial charge in [0.2, 0.25) is 0 Å². The zero-order chi connectivity index (χ0) is 14.1. The molecule has 1 amide bonds. The summed E-state index contributed by atoms with van der Waals surface area (Å²) < 4.78 is 7.26. The predicted molar refractivity (Wildman–Crippen MR) is 79.7 cm³/mol. The molecule has 104 valence electrons. The van der Waals surface area contributed by atoms with E-state index in [-0.39, 0.29) is 11.9 Å². The van der Waals surface area contributed by atoms with Gasteiger partial charge < -0.3 is 14.6 Å². The quantitative estimate of drug-likeness (QED) is 0.930. The molecule has 4 heteroatoms. The van der Waals surface area contributed by atoms with Crippen LogP contribution in [-0.4, -0.2) is 29.7 Å². The molecule has 1 aromatic carbocycles. The normalized spacial score (nSPS) is 18.4. The van der Waals surface area contributed by atoms with Crippen LogP contribution in [0, 0.1) is 0 Å². The number of ether oxygens (including phenoxy) is 1. The van der Waals surface area contributed by atoms with Crippen LogP contribution in [0.25, 0.3) is 17.0 Å². The van der Waals surface area contributed by atoms with E-state index in [1.54, 1.807) is 0 Å². The van der Waals surface area contributed by atoms with Gasteiger partial charge in [0.1, 0.15) is 0 Å². The Kier molecular flexibility index (Phi) is 3.32. The monoisotopic (exact) mass is 270 g/mol. The van der Waals surface area contributed by atoms with Crippen LogP contribution in [0.5, 0.6) is 0 Å². The van der Waals surface area contributed by atoms with Crippen LogP contribution in [0.3, 0.4) is 0 Å². The zero-order valence-electron chi connectivity index (χ0n) is 11.6. The van der Waals surface area contributed by atoms with Crippen LogP contribution < -0.4 is 5.32 Å². The Morgan fingerprint density at radius 3 is 3.10 bits per heavy atom. The van der Waals surface area contributed by atoms with E-state index in [4.69, 9.17) is 4.74 Å². The molecule has 0 radical (unpaired) electrons. The van der Waals surface area contributed by atoms with Crippen LogP contribution in [0.4, 0.5) is 0 Å². The van der Waals surface area contributed by atoms with Crippen LogP contribution in [0.1, 0.15) is 22.3 Å². The van der Waals surface area contributed by atoms with Crippen molar-refractivity contribution in [3.05, 3.63) is 42.1 Å². The third-order valence-electron chi connectivity index (χ3n) is 3.76. The predicted octanol–water partition coefficient (Wildman–Crippen LogP) is 2.34. The third kappa shape index (κ3) is 2.23. The van der Waals surface area contributed by atoms with E-state index < -0.39 is 0 Å². The molecule has 1 saturated heterocycles. The lowest BCUT2D eigenvalue weighted by atomic mass is 10.1. The second-order valence-corrected chi connectivity index (χ2v) is 5.17. The van der Waals surface area contributed by atoms with Gasteiger partial charge in [-0.25, -0.2) is 0 Å². The van der Waals surface area contributed by atoms with Crippen molar-refractivity contribution in [2.24, 2.45) is 7.05 Å². The topological polar surface area (TPSA) is 43.3 Å². The molecule has 1 N–H and O–H groups in total. The largest absolute Gasteiger partial charge is 0.379 e. The van der Waals surface area contributed by atoms with Crippen LogP contribution in [-0.2, 0) is 11.8 Å². The minimum atomic E-state index is -0.0301. The number of nitrogens with zero attached hydrogens (tertiary/aromatic N) is 1. The van der Waals surface area contributed by atoms with Crippen LogP contribution in [0.15, 0.2) is 31.0 Å². The number of benzene rings is 1. The molecular formula is C16H18N2O2. The summed E-state index contributed by atoms with van der Waals surface area (Å²) in [7, 11) is 1.95. The number of rotatable bonds is 3. The second-order valence-electron chi connectivity index (χ2n) is 5.17. The van der Waals surface area contributed by atoms with Gasteiger partial charge in [-0.15, -0.1) is 0 Å². The maximum Gasteiger partial charge on any atom is 0.253 e. The van der Waals surface area contributed by atoms with Gasteiger partial charge in [-0.2, -0.15) is 0 Å². The first-order valence-corrected chi connectivity index (χ1v) is 6.79. The smallest absolute Gasteiger partial charge is 0.253 e. The highest BCUT2D eigenvalue weighted by atomic mass is 16.5. The fourth-order valence-corrected chi connectivity index (χ4v) is 2.62. The lowest BCUT2D eigenvalue weighted by Gasteiger charge is -2.09. The van der Waals surface area contributed by atoms with Gasteiger partial charge in [-0.1, -0.05) is 24.8 Å². The maximum atomic E-state index is 12.4. The Morgan fingerprint density at radius 2 is 2.40 bits per heavy atom. The van der Waals surface area contributed by atoms with Crippen molar-refractivity contribution in [1.82, 2.24) is 9.88 Å². The molecule has 0 saturated carbocycles. The SMILES string of the molecule is C=Cc1ccc2c(C(=O)NC3CCOC3)cn(C)c2c1. The highest BCUT2D eigenvalue weighted by Crippen LogP contribution is 2.23. The van der Waals surface area contributed by atoms with E-state index in [1.807, 2.05) is 42.1 Å². The maximum absolute atomic E-state index is 12.4. The van der Waals surface area contributed by atoms with Gasteiger partial charge in [0.25, 0.3) is 5.91 Å². The van der Waals surface area contributed by atoms with Gasteiger partial charge in [-0.3, -0.25) is 4.79 Å². The summed E-state index contributed by atoms with van der Waals surface area (Å²) in [5, 5.41) is 4.00. The van der Waals surface area contributed by atoms with E-state index in [9.17, 15) is 4.79 Å². The molecule has 0 spiro atoms. The summed E-state index contributed by atoms with van der Waals surface area (Å²) in [5.41, 5.74) is 2.80. The number of hydrogen-bond acceptors (Lipinski definition) is 2. The summed E-state index contributed by atoms with van der Waals surface area (Å²) in [6.45, 7) is 5.11. The number of fused-ring (bicyclic) bond motifs is 1. The molecule has 1 unspecified atom stereocenters. The summed E-state index contributed by atoms with van der Waals surface area (Å²) in [6.07, 6.45) is 4.57. The van der Waals surface area contributed by atoms with Gasteiger partial charge in [0.15, 0.2) is 0 Å². The van der Waals surface area contributed by atoms with Gasteiger partial charge in [-0.05, 0) is 18.1 Å². The van der Waals surface area contributed by atoms with Crippen LogP contribution in [0.2, 0.25) is 0 Å². The molecule has 4 nitrogen and oxygen atoms in total. The van der Waals surface area contributed by atoms with Crippen molar-refractivity contribution < 1.29 is 9.53 Å².